The zero-order chi connectivity index (χ0) is 65.4. The van der Waals surface area contributed by atoms with Gasteiger partial charge in [0.05, 0.1) is 46.5 Å². The van der Waals surface area contributed by atoms with Crippen LogP contribution in [0.5, 0.6) is 17.2 Å². The van der Waals surface area contributed by atoms with Crippen LogP contribution in [0, 0.1) is 27.2 Å². The SMILES string of the molecule is C.C.CC(=O)OCC1O[C@H](Oc2ccc(-c3cnc4c(c3)ncn4C)cc2Cl)C(OC(C)=O)[C@@H](C)[C@@H]1C.CC(=O)OCC1O[C@H](Oc2ccc(I)cc2Cl)C(OC(C)=O)[C@@H](C)[C@@H]1C.Cn1cnc2cc(-c3ccc(O[C@H]4OC(CO)[C@@H](O)[C@H](O)C4O)c(Cl)c3)cnc21. The van der Waals surface area contributed by atoms with Crippen LogP contribution in [0.15, 0.2) is 91.8 Å². The van der Waals surface area contributed by atoms with Gasteiger partial charge in [-0.2, -0.15) is 0 Å². The van der Waals surface area contributed by atoms with E-state index < -0.39 is 86.1 Å². The molecule has 92 heavy (non-hydrogen) atoms. The topological polar surface area (TPSA) is 303 Å². The third kappa shape index (κ3) is 18.2. The summed E-state index contributed by atoms with van der Waals surface area (Å²) in [6.07, 6.45) is -3.86. The normalized spacial score (nSPS) is 25.8. The first-order chi connectivity index (χ1) is 42.7. The molecule has 3 aliphatic rings. The van der Waals surface area contributed by atoms with E-state index in [1.54, 1.807) is 67.5 Å². The van der Waals surface area contributed by atoms with Crippen molar-refractivity contribution in [2.45, 2.75) is 138 Å². The maximum absolute atomic E-state index is 11.8. The first kappa shape index (κ1) is 74.5. The number of nitrogens with zero attached hydrogens (tertiary/aromatic N) is 6. The summed E-state index contributed by atoms with van der Waals surface area (Å²) < 4.78 is 61.0. The highest BCUT2D eigenvalue weighted by Crippen LogP contribution is 2.40. The number of aliphatic hydroxyl groups excluding tert-OH is 4. The summed E-state index contributed by atoms with van der Waals surface area (Å²) in [6, 6.07) is 19.6. The molecule has 0 radical (unpaired) electrons. The van der Waals surface area contributed by atoms with Crippen LogP contribution in [0.2, 0.25) is 15.1 Å². The van der Waals surface area contributed by atoms with Crippen LogP contribution >= 0.6 is 57.4 Å². The van der Waals surface area contributed by atoms with Gasteiger partial charge >= 0.3 is 23.9 Å². The summed E-state index contributed by atoms with van der Waals surface area (Å²) in [7, 11) is 3.75. The molecule has 28 heteroatoms. The number of carbonyl (C=O) groups excluding carboxylic acids is 4. The van der Waals surface area contributed by atoms with Crippen molar-refractivity contribution in [1.29, 1.82) is 0 Å². The van der Waals surface area contributed by atoms with E-state index in [1.807, 2.05) is 75.2 Å². The standard InChI is InChI=1S/C25H28ClN3O6.C19H20ClN3O6.C18H22ClIO6.2CH4/c1-13-14(2)23(33-16(4)31)25(35-22(13)11-32-15(3)30)34-21-7-6-17(8-19(21)26)18-9-20-24(27-10-18)29(5)12-28-20;1-23-8-22-12-5-10(6-21-18(12)23)9-2-3-13(11(20)4-9)28-19-17(27)16(26)15(25)14(7-24)29-19;1-9-10(2)17(24-12(4)22)18(26-16(9)8-23-11(3)21)25-15-6-5-13(20)7-14(15)19;;/h6-10,12-14,22-23,25H,11H2,1-5H3;2-6,8,14-17,19,24-27H,7H2,1H3;5-7,9-10,16-18H,8H2,1-4H3;2*1H4/t13-,14-,22?,23?,25-;14?,15-,16+,17?,19+;9-,10-,16?,17?,18-;;/m010../s1. The number of aliphatic hydroxyl groups is 4. The van der Waals surface area contributed by atoms with Gasteiger partial charge in [0.2, 0.25) is 18.9 Å². The maximum Gasteiger partial charge on any atom is 0.303 e. The number of benzene rings is 3. The summed E-state index contributed by atoms with van der Waals surface area (Å²) in [5.41, 5.74) is 6.40. The molecule has 3 fully saturated rings. The summed E-state index contributed by atoms with van der Waals surface area (Å²) in [6.45, 7) is 12.8. The van der Waals surface area contributed by atoms with E-state index in [0.29, 0.717) is 21.5 Å². The molecule has 10 rings (SSSR count). The molecule has 0 saturated carbocycles. The number of halogens is 4. The number of imidazole rings is 2. The lowest BCUT2D eigenvalue weighted by molar-refractivity contribution is -0.277. The summed E-state index contributed by atoms with van der Waals surface area (Å²) >= 11 is 21.3. The fourth-order valence-electron chi connectivity index (χ4n) is 10.2. The van der Waals surface area contributed by atoms with Gasteiger partial charge in [0.15, 0.2) is 23.5 Å². The van der Waals surface area contributed by atoms with Gasteiger partial charge in [-0.05, 0) is 100 Å². The quantitative estimate of drug-likeness (QED) is 0.0421. The minimum absolute atomic E-state index is 0. The van der Waals surface area contributed by atoms with Crippen molar-refractivity contribution in [2.75, 3.05) is 19.8 Å². The Morgan fingerprint density at radius 1 is 0.511 bits per heavy atom. The van der Waals surface area contributed by atoms with Gasteiger partial charge in [-0.3, -0.25) is 19.2 Å². The number of aryl methyl sites for hydroxylation is 2. The van der Waals surface area contributed by atoms with Crippen LogP contribution in [0.4, 0.5) is 0 Å². The lowest BCUT2D eigenvalue weighted by Crippen LogP contribution is -2.60. The van der Waals surface area contributed by atoms with E-state index in [9.17, 15) is 39.6 Å². The Hall–Kier alpha value is -6.50. The molecule has 0 amide bonds. The second-order valence-electron chi connectivity index (χ2n) is 22.0. The van der Waals surface area contributed by atoms with Gasteiger partial charge in [0.25, 0.3) is 0 Å². The smallest absolute Gasteiger partial charge is 0.303 e. The Labute approximate surface area is 561 Å². The molecule has 0 aliphatic carbocycles. The number of aromatic nitrogens is 6. The number of ether oxygens (including phenoxy) is 10. The van der Waals surface area contributed by atoms with Crippen LogP contribution in [0.25, 0.3) is 44.6 Å². The largest absolute Gasteiger partial charge is 0.463 e. The molecule has 7 aromatic rings. The molecule has 3 aromatic carbocycles. The number of rotatable bonds is 15. The van der Waals surface area contributed by atoms with Crippen LogP contribution in [-0.2, 0) is 66.4 Å². The number of hydrogen-bond donors (Lipinski definition) is 4. The molecule has 24 nitrogen and oxygen atoms in total. The molecule has 15 atom stereocenters. The van der Waals surface area contributed by atoms with E-state index in [4.69, 9.17) is 82.2 Å². The van der Waals surface area contributed by atoms with E-state index >= 15 is 0 Å². The van der Waals surface area contributed by atoms with E-state index in [1.165, 1.54) is 27.7 Å². The highest BCUT2D eigenvalue weighted by Gasteiger charge is 2.48. The second kappa shape index (κ2) is 33.1. The number of fused-ring (bicyclic) bond motifs is 2. The lowest BCUT2D eigenvalue weighted by Gasteiger charge is -2.43. The number of hydrogen-bond acceptors (Lipinski definition) is 22. The monoisotopic (exact) mass is 1450 g/mol. The van der Waals surface area contributed by atoms with E-state index in [2.05, 4.69) is 42.5 Å². The van der Waals surface area contributed by atoms with Crippen LogP contribution in [0.3, 0.4) is 0 Å². The predicted octanol–water partition coefficient (Wildman–Crippen LogP) is 9.71. The molecule has 500 valence electrons. The van der Waals surface area contributed by atoms with E-state index in [0.717, 1.165) is 48.2 Å². The van der Waals surface area contributed by atoms with Crippen molar-refractivity contribution in [3.05, 3.63) is 110 Å². The maximum atomic E-state index is 11.8. The molecule has 0 spiro atoms. The molecule has 0 bridgehead atoms. The van der Waals surface area contributed by atoms with Gasteiger partial charge in [-0.25, -0.2) is 19.9 Å². The Balaban J connectivity index is 0.000000219. The van der Waals surface area contributed by atoms with Crippen molar-refractivity contribution in [3.63, 3.8) is 0 Å². The Bertz CT molecular complexity index is 3670. The first-order valence-electron chi connectivity index (χ1n) is 28.5. The third-order valence-corrected chi connectivity index (χ3v) is 17.2. The zero-order valence-electron chi connectivity index (χ0n) is 50.6. The molecule has 3 saturated heterocycles. The van der Waals surface area contributed by atoms with E-state index in [-0.39, 0.29) is 74.6 Å². The number of carbonyl (C=O) groups is 4. The van der Waals surface area contributed by atoms with Crippen LogP contribution in [0.1, 0.15) is 70.2 Å². The zero-order valence-corrected chi connectivity index (χ0v) is 55.1. The van der Waals surface area contributed by atoms with Crippen molar-refractivity contribution in [1.82, 2.24) is 29.1 Å². The molecule has 7 heterocycles. The Morgan fingerprint density at radius 2 is 0.902 bits per heavy atom. The van der Waals surface area contributed by atoms with Crippen LogP contribution < -0.4 is 14.2 Å². The molecule has 4 N–H and O–H groups in total. The number of pyridine rings is 2. The minimum Gasteiger partial charge on any atom is -0.463 e. The highest BCUT2D eigenvalue weighted by molar-refractivity contribution is 14.1. The van der Waals surface area contributed by atoms with Gasteiger partial charge < -0.3 is 76.9 Å². The highest BCUT2D eigenvalue weighted by atomic mass is 127. The third-order valence-electron chi connectivity index (χ3n) is 15.6. The molecule has 6 unspecified atom stereocenters. The van der Waals surface area contributed by atoms with Crippen molar-refractivity contribution < 1.29 is 87.0 Å². The predicted molar refractivity (Wildman–Crippen MR) is 350 cm³/mol. The summed E-state index contributed by atoms with van der Waals surface area (Å²) in [5, 5.41) is 40.1. The fraction of sp³-hybridized carbons (Fsp3) is 0.469. The lowest BCUT2D eigenvalue weighted by atomic mass is 9.83. The molecule has 4 aromatic heterocycles. The summed E-state index contributed by atoms with van der Waals surface area (Å²) in [4.78, 5) is 63.3. The fourth-order valence-corrected chi connectivity index (χ4v) is 11.6. The van der Waals surface area contributed by atoms with Gasteiger partial charge in [-0.1, -0.05) is 89.5 Å². The van der Waals surface area contributed by atoms with Gasteiger partial charge in [-0.15, -0.1) is 0 Å². The molecule has 3 aliphatic heterocycles. The van der Waals surface area contributed by atoms with Crippen LogP contribution in [-0.4, -0.2) is 161 Å². The van der Waals surface area contributed by atoms with Crippen molar-refractivity contribution in [3.8, 4) is 39.5 Å². The van der Waals surface area contributed by atoms with Gasteiger partial charge in [0.1, 0.15) is 65.9 Å². The van der Waals surface area contributed by atoms with Crippen molar-refractivity contribution >= 4 is 104 Å². The molecular formula is C64H78Cl3IN6O18. The average Bonchev–Trinajstić information content (AvgIpc) is 0.981. The number of esters is 4. The average molecular weight is 1450 g/mol. The van der Waals surface area contributed by atoms with Crippen molar-refractivity contribution in [2.24, 2.45) is 37.8 Å². The minimum atomic E-state index is -1.53. The second-order valence-corrected chi connectivity index (χ2v) is 24.5. The Morgan fingerprint density at radius 3 is 1.28 bits per heavy atom. The summed E-state index contributed by atoms with van der Waals surface area (Å²) in [5.74, 6) is -0.864. The molecular weight excluding hydrogens is 1370 g/mol. The Kier molecular flexibility index (Phi) is 26.8. The van der Waals surface area contributed by atoms with Gasteiger partial charge in [0, 0.05) is 80.7 Å². The first-order valence-corrected chi connectivity index (χ1v) is 30.7.